The van der Waals surface area contributed by atoms with Crippen molar-refractivity contribution in [3.63, 3.8) is 0 Å². The Labute approximate surface area is 83.5 Å². The number of carbonyl (C=O) groups is 1. The van der Waals surface area contributed by atoms with Crippen molar-refractivity contribution < 1.29 is 4.79 Å². The van der Waals surface area contributed by atoms with Crippen molar-refractivity contribution in [1.82, 2.24) is 0 Å². The average molecular weight is 194 g/mol. The molecule has 1 nitrogen and oxygen atoms in total. The number of thioether (sulfide) groups is 1. The number of hydrogen-bond acceptors (Lipinski definition) is 2. The first kappa shape index (κ1) is 10.3. The third-order valence-electron chi connectivity index (χ3n) is 1.87. The molecule has 1 unspecified atom stereocenters. The minimum absolute atomic E-state index is 0.0572. The Morgan fingerprint density at radius 2 is 2.15 bits per heavy atom. The number of rotatable bonds is 3. The smallest absolute Gasteiger partial charge is 0.142 e. The molecule has 2 heteroatoms. The van der Waals surface area contributed by atoms with Crippen LogP contribution < -0.4 is 0 Å². The van der Waals surface area contributed by atoms with E-state index in [1.807, 2.05) is 19.1 Å². The molecule has 0 aliphatic heterocycles. The lowest BCUT2D eigenvalue weighted by Crippen LogP contribution is -2.07. The topological polar surface area (TPSA) is 17.1 Å². The summed E-state index contributed by atoms with van der Waals surface area (Å²) >= 11 is 1.62. The van der Waals surface area contributed by atoms with Gasteiger partial charge in [0.15, 0.2) is 0 Å². The van der Waals surface area contributed by atoms with Crippen LogP contribution in [0.4, 0.5) is 0 Å². The van der Waals surface area contributed by atoms with Crippen LogP contribution >= 0.6 is 11.8 Å². The van der Waals surface area contributed by atoms with Gasteiger partial charge in [-0.15, -0.1) is 11.8 Å². The van der Waals surface area contributed by atoms with Gasteiger partial charge in [0.2, 0.25) is 0 Å². The quantitative estimate of drug-likeness (QED) is 0.688. The van der Waals surface area contributed by atoms with Crippen LogP contribution in [0, 0.1) is 6.92 Å². The van der Waals surface area contributed by atoms with Gasteiger partial charge in [-0.25, -0.2) is 0 Å². The van der Waals surface area contributed by atoms with E-state index in [2.05, 4.69) is 19.1 Å². The van der Waals surface area contributed by atoms with Gasteiger partial charge in [0.25, 0.3) is 0 Å². The summed E-state index contributed by atoms with van der Waals surface area (Å²) in [5.74, 6) is 0.228. The van der Waals surface area contributed by atoms with E-state index in [1.165, 1.54) is 10.5 Å². The first-order valence-electron chi connectivity index (χ1n) is 4.33. The maximum atomic E-state index is 11.0. The molecule has 0 saturated carbocycles. The van der Waals surface area contributed by atoms with Gasteiger partial charge in [-0.3, -0.25) is 4.79 Å². The second-order valence-corrected chi connectivity index (χ2v) is 4.60. The van der Waals surface area contributed by atoms with Gasteiger partial charge >= 0.3 is 0 Å². The van der Waals surface area contributed by atoms with Crippen molar-refractivity contribution in [1.29, 1.82) is 0 Å². The lowest BCUT2D eigenvalue weighted by atomic mass is 10.2. The Balaban J connectivity index is 2.69. The van der Waals surface area contributed by atoms with E-state index >= 15 is 0 Å². The van der Waals surface area contributed by atoms with E-state index in [4.69, 9.17) is 0 Å². The number of Topliss-reactive ketones (excluding diaryl/α,β-unsaturated/α-hetero) is 1. The highest BCUT2D eigenvalue weighted by Gasteiger charge is 2.08. The highest BCUT2D eigenvalue weighted by atomic mass is 32.2. The fourth-order valence-corrected chi connectivity index (χ4v) is 1.96. The van der Waals surface area contributed by atoms with Crippen LogP contribution in [-0.2, 0) is 4.79 Å². The van der Waals surface area contributed by atoms with Gasteiger partial charge in [-0.1, -0.05) is 17.7 Å². The van der Waals surface area contributed by atoms with Crippen molar-refractivity contribution in [3.05, 3.63) is 29.8 Å². The maximum absolute atomic E-state index is 11.0. The van der Waals surface area contributed by atoms with E-state index in [-0.39, 0.29) is 11.0 Å². The fraction of sp³-hybridized carbons (Fsp3) is 0.364. The molecule has 13 heavy (non-hydrogen) atoms. The molecule has 1 aromatic carbocycles. The Morgan fingerprint density at radius 1 is 1.46 bits per heavy atom. The van der Waals surface area contributed by atoms with Crippen molar-refractivity contribution in [2.24, 2.45) is 0 Å². The fourth-order valence-electron chi connectivity index (χ4n) is 0.976. The normalized spacial score (nSPS) is 12.5. The zero-order chi connectivity index (χ0) is 9.84. The molecule has 0 aliphatic carbocycles. The predicted molar refractivity (Wildman–Crippen MR) is 57.2 cm³/mol. The van der Waals surface area contributed by atoms with Gasteiger partial charge in [0.1, 0.15) is 5.78 Å². The van der Waals surface area contributed by atoms with E-state index in [9.17, 15) is 4.79 Å². The van der Waals surface area contributed by atoms with E-state index in [0.29, 0.717) is 0 Å². The zero-order valence-electron chi connectivity index (χ0n) is 8.20. The summed E-state index contributed by atoms with van der Waals surface area (Å²) in [7, 11) is 0. The Kier molecular flexibility index (Phi) is 3.55. The molecule has 0 bridgehead atoms. The number of hydrogen-bond donors (Lipinski definition) is 0. The Bertz CT molecular complexity index is 307. The van der Waals surface area contributed by atoms with Crippen molar-refractivity contribution >= 4 is 17.5 Å². The number of benzene rings is 1. The minimum atomic E-state index is 0.0572. The summed E-state index contributed by atoms with van der Waals surface area (Å²) < 4.78 is 0. The van der Waals surface area contributed by atoms with Crippen molar-refractivity contribution in [2.45, 2.75) is 30.9 Å². The van der Waals surface area contributed by atoms with E-state index in [0.717, 1.165) is 0 Å². The van der Waals surface area contributed by atoms with Crippen molar-refractivity contribution in [3.8, 4) is 0 Å². The second kappa shape index (κ2) is 4.47. The molecule has 0 spiro atoms. The summed E-state index contributed by atoms with van der Waals surface area (Å²) in [6.45, 7) is 5.63. The number of aryl methyl sites for hydroxylation is 1. The van der Waals surface area contributed by atoms with Crippen LogP contribution in [0.2, 0.25) is 0 Å². The minimum Gasteiger partial charge on any atom is -0.299 e. The average Bonchev–Trinajstić information content (AvgIpc) is 2.04. The molecular formula is C11H14OS. The third-order valence-corrected chi connectivity index (χ3v) is 3.09. The van der Waals surface area contributed by atoms with E-state index in [1.54, 1.807) is 18.7 Å². The molecule has 0 heterocycles. The molecule has 1 atom stereocenters. The molecule has 0 N–H and O–H groups in total. The zero-order valence-corrected chi connectivity index (χ0v) is 9.02. The SMILES string of the molecule is CC(=O)C(C)Sc1cccc(C)c1. The van der Waals surface area contributed by atoms with Crippen LogP contribution in [0.15, 0.2) is 29.2 Å². The Morgan fingerprint density at radius 3 is 2.69 bits per heavy atom. The number of carbonyl (C=O) groups excluding carboxylic acids is 1. The lowest BCUT2D eigenvalue weighted by molar-refractivity contribution is -0.116. The molecule has 0 aliphatic rings. The monoisotopic (exact) mass is 194 g/mol. The molecule has 1 aromatic rings. The van der Waals surface area contributed by atoms with Gasteiger partial charge < -0.3 is 0 Å². The van der Waals surface area contributed by atoms with Crippen LogP contribution in [0.1, 0.15) is 19.4 Å². The first-order chi connectivity index (χ1) is 6.09. The van der Waals surface area contributed by atoms with Crippen molar-refractivity contribution in [2.75, 3.05) is 0 Å². The Hall–Kier alpha value is -0.760. The summed E-state index contributed by atoms with van der Waals surface area (Å²) in [4.78, 5) is 12.2. The summed E-state index contributed by atoms with van der Waals surface area (Å²) in [6, 6.07) is 8.22. The highest BCUT2D eigenvalue weighted by Crippen LogP contribution is 2.24. The first-order valence-corrected chi connectivity index (χ1v) is 5.21. The highest BCUT2D eigenvalue weighted by molar-refractivity contribution is 8.00. The van der Waals surface area contributed by atoms with Crippen LogP contribution in [0.3, 0.4) is 0 Å². The maximum Gasteiger partial charge on any atom is 0.142 e. The van der Waals surface area contributed by atoms with Crippen LogP contribution in [0.25, 0.3) is 0 Å². The molecular weight excluding hydrogens is 180 g/mol. The van der Waals surface area contributed by atoms with Crippen LogP contribution in [0.5, 0.6) is 0 Å². The number of ketones is 1. The molecule has 70 valence electrons. The van der Waals surface area contributed by atoms with Crippen LogP contribution in [-0.4, -0.2) is 11.0 Å². The largest absolute Gasteiger partial charge is 0.299 e. The van der Waals surface area contributed by atoms with Gasteiger partial charge in [-0.05, 0) is 32.9 Å². The molecule has 1 rings (SSSR count). The van der Waals surface area contributed by atoms with Gasteiger partial charge in [0, 0.05) is 4.90 Å². The van der Waals surface area contributed by atoms with Gasteiger partial charge in [-0.2, -0.15) is 0 Å². The van der Waals surface area contributed by atoms with Gasteiger partial charge in [0.05, 0.1) is 5.25 Å². The lowest BCUT2D eigenvalue weighted by Gasteiger charge is -2.07. The third kappa shape index (κ3) is 3.23. The predicted octanol–water partition coefficient (Wildman–Crippen LogP) is 3.06. The molecule has 0 saturated heterocycles. The summed E-state index contributed by atoms with van der Waals surface area (Å²) in [5, 5.41) is 0.0572. The summed E-state index contributed by atoms with van der Waals surface area (Å²) in [5.41, 5.74) is 1.24. The summed E-state index contributed by atoms with van der Waals surface area (Å²) in [6.07, 6.45) is 0. The molecule has 0 radical (unpaired) electrons. The molecule has 0 amide bonds. The van der Waals surface area contributed by atoms with E-state index < -0.39 is 0 Å². The molecule has 0 aromatic heterocycles. The molecule has 0 fully saturated rings. The standard InChI is InChI=1S/C11H14OS/c1-8-5-4-6-11(7-8)13-10(3)9(2)12/h4-7,10H,1-3H3. The second-order valence-electron chi connectivity index (χ2n) is 3.19.